The average Bonchev–Trinajstić information content (AvgIpc) is 2.78. The van der Waals surface area contributed by atoms with Crippen LogP contribution in [-0.4, -0.2) is 29.0 Å². The standard InChI is InChI=1S/C15H17Cl2N3/c1-10-8-18-15(19-10)12(9-20(2)3)6-11-4-5-13(16)7-14(11)17/h4-5,7-9H,6H2,1-3H3,(H,18,19). The number of nitrogens with zero attached hydrogens (tertiary/aromatic N) is 2. The minimum Gasteiger partial charge on any atom is -0.383 e. The first-order valence-electron chi connectivity index (χ1n) is 6.29. The third-order valence-electron chi connectivity index (χ3n) is 2.82. The topological polar surface area (TPSA) is 31.9 Å². The Labute approximate surface area is 129 Å². The number of nitrogens with one attached hydrogen (secondary N) is 1. The fraction of sp³-hybridized carbons (Fsp3) is 0.267. The molecule has 0 fully saturated rings. The Kier molecular flexibility index (Phi) is 4.73. The van der Waals surface area contributed by atoms with Crippen LogP contribution < -0.4 is 0 Å². The van der Waals surface area contributed by atoms with Crippen LogP contribution in [0.25, 0.3) is 5.57 Å². The molecule has 3 nitrogen and oxygen atoms in total. The van der Waals surface area contributed by atoms with Gasteiger partial charge in [0.1, 0.15) is 5.82 Å². The second kappa shape index (κ2) is 6.33. The van der Waals surface area contributed by atoms with Gasteiger partial charge in [-0.05, 0) is 24.6 Å². The molecule has 0 radical (unpaired) electrons. The zero-order valence-corrected chi connectivity index (χ0v) is 13.3. The molecular formula is C15H17Cl2N3. The van der Waals surface area contributed by atoms with Crippen LogP contribution in [0, 0.1) is 6.92 Å². The fourth-order valence-corrected chi connectivity index (χ4v) is 2.43. The van der Waals surface area contributed by atoms with E-state index in [1.54, 1.807) is 6.07 Å². The lowest BCUT2D eigenvalue weighted by atomic mass is 10.1. The van der Waals surface area contributed by atoms with Crippen LogP contribution in [0.2, 0.25) is 10.0 Å². The highest BCUT2D eigenvalue weighted by Crippen LogP contribution is 2.26. The SMILES string of the molecule is Cc1c[nH]c(C(=CN(C)C)Cc2ccc(Cl)cc2Cl)n1. The molecule has 0 saturated carbocycles. The Morgan fingerprint density at radius 1 is 1.35 bits per heavy atom. The highest BCUT2D eigenvalue weighted by Gasteiger charge is 2.10. The summed E-state index contributed by atoms with van der Waals surface area (Å²) in [6.07, 6.45) is 4.63. The van der Waals surface area contributed by atoms with Crippen molar-refractivity contribution in [3.63, 3.8) is 0 Å². The average molecular weight is 310 g/mol. The monoisotopic (exact) mass is 309 g/mol. The summed E-state index contributed by atoms with van der Waals surface area (Å²) >= 11 is 12.2. The van der Waals surface area contributed by atoms with E-state index in [1.165, 1.54) is 0 Å². The van der Waals surface area contributed by atoms with Gasteiger partial charge >= 0.3 is 0 Å². The molecule has 0 aliphatic carbocycles. The molecule has 2 aromatic rings. The van der Waals surface area contributed by atoms with Crippen molar-refractivity contribution in [3.05, 3.63) is 57.7 Å². The lowest BCUT2D eigenvalue weighted by molar-refractivity contribution is 0.564. The highest BCUT2D eigenvalue weighted by molar-refractivity contribution is 6.35. The maximum absolute atomic E-state index is 6.25. The first kappa shape index (κ1) is 14.9. The molecule has 5 heteroatoms. The number of aromatic nitrogens is 2. The van der Waals surface area contributed by atoms with E-state index >= 15 is 0 Å². The number of allylic oxidation sites excluding steroid dienone is 1. The minimum absolute atomic E-state index is 0.644. The molecule has 0 atom stereocenters. The van der Waals surface area contributed by atoms with Gasteiger partial charge in [0.2, 0.25) is 0 Å². The number of H-pyrrole nitrogens is 1. The van der Waals surface area contributed by atoms with E-state index < -0.39 is 0 Å². The number of rotatable bonds is 4. The van der Waals surface area contributed by atoms with Crippen molar-refractivity contribution in [1.29, 1.82) is 0 Å². The molecule has 0 amide bonds. The lowest BCUT2D eigenvalue weighted by Crippen LogP contribution is -2.05. The van der Waals surface area contributed by atoms with Gasteiger partial charge in [-0.25, -0.2) is 4.98 Å². The fourth-order valence-electron chi connectivity index (χ4n) is 1.95. The number of halogens is 2. The second-order valence-corrected chi connectivity index (χ2v) is 5.76. The highest BCUT2D eigenvalue weighted by atomic mass is 35.5. The van der Waals surface area contributed by atoms with E-state index in [0.29, 0.717) is 16.5 Å². The summed E-state index contributed by atoms with van der Waals surface area (Å²) in [7, 11) is 3.97. The van der Waals surface area contributed by atoms with Crippen LogP contribution in [0.5, 0.6) is 0 Å². The number of aromatic amines is 1. The van der Waals surface area contributed by atoms with Gasteiger partial charge in [-0.1, -0.05) is 29.3 Å². The third kappa shape index (κ3) is 3.78. The molecule has 2 rings (SSSR count). The smallest absolute Gasteiger partial charge is 0.135 e. The van der Waals surface area contributed by atoms with E-state index in [2.05, 4.69) is 9.97 Å². The van der Waals surface area contributed by atoms with Crippen LogP contribution in [0.4, 0.5) is 0 Å². The number of imidazole rings is 1. The van der Waals surface area contributed by atoms with E-state index in [0.717, 1.165) is 22.7 Å². The second-order valence-electron chi connectivity index (χ2n) is 4.92. The molecular weight excluding hydrogens is 293 g/mol. The molecule has 0 spiro atoms. The lowest BCUT2D eigenvalue weighted by Gasteiger charge is -2.11. The summed E-state index contributed by atoms with van der Waals surface area (Å²) in [5, 5.41) is 1.32. The first-order chi connectivity index (χ1) is 9.45. The van der Waals surface area contributed by atoms with Crippen molar-refractivity contribution in [1.82, 2.24) is 14.9 Å². The maximum Gasteiger partial charge on any atom is 0.135 e. The van der Waals surface area contributed by atoms with Gasteiger partial charge in [0, 0.05) is 48.5 Å². The van der Waals surface area contributed by atoms with Gasteiger partial charge in [0.05, 0.1) is 5.69 Å². The molecule has 1 aromatic carbocycles. The van der Waals surface area contributed by atoms with Gasteiger partial charge in [-0.2, -0.15) is 0 Å². The van der Waals surface area contributed by atoms with Gasteiger partial charge in [-0.3, -0.25) is 0 Å². The third-order valence-corrected chi connectivity index (χ3v) is 3.41. The number of benzene rings is 1. The van der Waals surface area contributed by atoms with E-state index in [-0.39, 0.29) is 0 Å². The zero-order chi connectivity index (χ0) is 14.7. The molecule has 0 aliphatic rings. The van der Waals surface area contributed by atoms with Crippen LogP contribution in [0.1, 0.15) is 17.1 Å². The molecule has 1 heterocycles. The summed E-state index contributed by atoms with van der Waals surface area (Å²) < 4.78 is 0. The van der Waals surface area contributed by atoms with Crippen LogP contribution in [0.15, 0.2) is 30.6 Å². The van der Waals surface area contributed by atoms with Crippen molar-refractivity contribution in [2.75, 3.05) is 14.1 Å². The molecule has 0 saturated heterocycles. The molecule has 0 aliphatic heterocycles. The van der Waals surface area contributed by atoms with Gasteiger partial charge in [-0.15, -0.1) is 0 Å². The molecule has 1 N–H and O–H groups in total. The molecule has 20 heavy (non-hydrogen) atoms. The first-order valence-corrected chi connectivity index (χ1v) is 7.04. The van der Waals surface area contributed by atoms with E-state index in [1.807, 2.05) is 50.4 Å². The van der Waals surface area contributed by atoms with Gasteiger partial charge in [0.15, 0.2) is 0 Å². The van der Waals surface area contributed by atoms with Gasteiger partial charge < -0.3 is 9.88 Å². The van der Waals surface area contributed by atoms with Crippen molar-refractivity contribution in [2.24, 2.45) is 0 Å². The van der Waals surface area contributed by atoms with E-state index in [9.17, 15) is 0 Å². The van der Waals surface area contributed by atoms with Crippen molar-refractivity contribution in [2.45, 2.75) is 13.3 Å². The minimum atomic E-state index is 0.644. The number of hydrogen-bond acceptors (Lipinski definition) is 2. The summed E-state index contributed by atoms with van der Waals surface area (Å²) in [5.74, 6) is 0.863. The maximum atomic E-state index is 6.25. The summed E-state index contributed by atoms with van der Waals surface area (Å²) in [4.78, 5) is 9.67. The van der Waals surface area contributed by atoms with Crippen LogP contribution in [0.3, 0.4) is 0 Å². The Balaban J connectivity index is 2.33. The molecule has 106 valence electrons. The van der Waals surface area contributed by atoms with Crippen LogP contribution in [-0.2, 0) is 6.42 Å². The van der Waals surface area contributed by atoms with Gasteiger partial charge in [0.25, 0.3) is 0 Å². The summed E-state index contributed by atoms with van der Waals surface area (Å²) in [5.41, 5.74) is 3.07. The summed E-state index contributed by atoms with van der Waals surface area (Å²) in [6, 6.07) is 5.56. The van der Waals surface area contributed by atoms with E-state index in [4.69, 9.17) is 23.2 Å². The largest absolute Gasteiger partial charge is 0.383 e. The Morgan fingerprint density at radius 3 is 2.65 bits per heavy atom. The van der Waals surface area contributed by atoms with Crippen molar-refractivity contribution < 1.29 is 0 Å². The Hall–Kier alpha value is -1.45. The molecule has 1 aromatic heterocycles. The zero-order valence-electron chi connectivity index (χ0n) is 11.7. The predicted octanol–water partition coefficient (Wildman–Crippen LogP) is 4.17. The quantitative estimate of drug-likeness (QED) is 0.919. The summed E-state index contributed by atoms with van der Waals surface area (Å²) in [6.45, 7) is 1.96. The van der Waals surface area contributed by atoms with Crippen molar-refractivity contribution >= 4 is 28.8 Å². The molecule has 0 unspecified atom stereocenters. The Morgan fingerprint density at radius 2 is 2.10 bits per heavy atom. The predicted molar refractivity (Wildman–Crippen MR) is 85.2 cm³/mol. The number of aryl methyl sites for hydroxylation is 1. The Bertz CT molecular complexity index is 630. The molecule has 0 bridgehead atoms. The normalized spacial score (nSPS) is 11.8. The van der Waals surface area contributed by atoms with Crippen LogP contribution >= 0.6 is 23.2 Å². The number of hydrogen-bond donors (Lipinski definition) is 1. The van der Waals surface area contributed by atoms with Crippen molar-refractivity contribution in [3.8, 4) is 0 Å².